The third-order valence-electron chi connectivity index (χ3n) is 2.14. The molecular formula is C11H22. The van der Waals surface area contributed by atoms with Crippen molar-refractivity contribution in [3.63, 3.8) is 0 Å². The molecule has 0 saturated carbocycles. The van der Waals surface area contributed by atoms with Gasteiger partial charge in [-0.1, -0.05) is 46.3 Å². The van der Waals surface area contributed by atoms with Gasteiger partial charge in [-0.15, -0.1) is 0 Å². The second-order valence-electron chi connectivity index (χ2n) is 4.29. The zero-order valence-electron chi connectivity index (χ0n) is 8.65. The molecule has 0 aliphatic carbocycles. The molecule has 0 nitrogen and oxygen atoms in total. The molecule has 1 atom stereocenters. The summed E-state index contributed by atoms with van der Waals surface area (Å²) in [7, 11) is 0. The molecule has 11 heavy (non-hydrogen) atoms. The molecule has 0 heteroatoms. The highest BCUT2D eigenvalue weighted by Crippen LogP contribution is 2.30. The lowest BCUT2D eigenvalue weighted by Gasteiger charge is -2.27. The lowest BCUT2D eigenvalue weighted by atomic mass is 9.78. The second kappa shape index (κ2) is 4.58. The topological polar surface area (TPSA) is 0 Å². The van der Waals surface area contributed by atoms with E-state index in [0.29, 0.717) is 5.41 Å². The maximum absolute atomic E-state index is 2.34. The van der Waals surface area contributed by atoms with Gasteiger partial charge in [0.25, 0.3) is 0 Å². The first-order valence-corrected chi connectivity index (χ1v) is 4.65. The van der Waals surface area contributed by atoms with E-state index in [0.717, 1.165) is 5.92 Å². The zero-order valence-corrected chi connectivity index (χ0v) is 8.65. The smallest absolute Gasteiger partial charge is 0.0185 e. The van der Waals surface area contributed by atoms with Gasteiger partial charge in [0.2, 0.25) is 0 Å². The Labute approximate surface area is 71.7 Å². The number of hydrogen-bond donors (Lipinski definition) is 0. The number of hydrogen-bond acceptors (Lipinski definition) is 0. The Morgan fingerprint density at radius 1 is 1.27 bits per heavy atom. The van der Waals surface area contributed by atoms with E-state index >= 15 is 0 Å². The Morgan fingerprint density at radius 3 is 2.09 bits per heavy atom. The highest BCUT2D eigenvalue weighted by atomic mass is 14.2. The highest BCUT2D eigenvalue weighted by molar-refractivity contribution is 4.91. The van der Waals surface area contributed by atoms with Gasteiger partial charge in [-0.25, -0.2) is 0 Å². The van der Waals surface area contributed by atoms with Crippen LogP contribution in [0.3, 0.4) is 0 Å². The largest absolute Gasteiger partial charge is 0.0914 e. The molecule has 0 spiro atoms. The van der Waals surface area contributed by atoms with Gasteiger partial charge in [0, 0.05) is 0 Å². The molecule has 0 radical (unpaired) electrons. The fraction of sp³-hybridized carbons (Fsp3) is 0.818. The minimum absolute atomic E-state index is 0.433. The molecule has 0 aromatic rings. The Balaban J connectivity index is 4.10. The average molecular weight is 154 g/mol. The van der Waals surface area contributed by atoms with Crippen molar-refractivity contribution in [1.82, 2.24) is 0 Å². The van der Waals surface area contributed by atoms with Gasteiger partial charge in [-0.3, -0.25) is 0 Å². The Kier molecular flexibility index (Phi) is 4.48. The SMILES string of the molecule is CC=CC(CCC)C(C)(C)C. The van der Waals surface area contributed by atoms with Gasteiger partial charge in [-0.2, -0.15) is 0 Å². The maximum Gasteiger partial charge on any atom is -0.0185 e. The van der Waals surface area contributed by atoms with Gasteiger partial charge in [0.05, 0.1) is 0 Å². The first-order valence-electron chi connectivity index (χ1n) is 4.65. The van der Waals surface area contributed by atoms with Crippen LogP contribution in [0.25, 0.3) is 0 Å². The predicted octanol–water partition coefficient (Wildman–Crippen LogP) is 4.02. The van der Waals surface area contributed by atoms with Crippen LogP contribution in [0.4, 0.5) is 0 Å². The molecule has 0 aromatic carbocycles. The summed E-state index contributed by atoms with van der Waals surface area (Å²) in [6.45, 7) is 11.3. The molecule has 0 aromatic heterocycles. The van der Waals surface area contributed by atoms with Crippen LogP contribution in [0.15, 0.2) is 12.2 Å². The van der Waals surface area contributed by atoms with E-state index in [-0.39, 0.29) is 0 Å². The van der Waals surface area contributed by atoms with Crippen molar-refractivity contribution in [3.8, 4) is 0 Å². The molecule has 0 aliphatic rings. The summed E-state index contributed by atoms with van der Waals surface area (Å²) < 4.78 is 0. The van der Waals surface area contributed by atoms with E-state index in [9.17, 15) is 0 Å². The highest BCUT2D eigenvalue weighted by Gasteiger charge is 2.20. The van der Waals surface area contributed by atoms with Crippen LogP contribution in [0.1, 0.15) is 47.5 Å². The van der Waals surface area contributed by atoms with Crippen molar-refractivity contribution < 1.29 is 0 Å². The van der Waals surface area contributed by atoms with Gasteiger partial charge in [0.15, 0.2) is 0 Å². The summed E-state index contributed by atoms with van der Waals surface area (Å²) in [5.74, 6) is 0.748. The second-order valence-corrected chi connectivity index (χ2v) is 4.29. The number of allylic oxidation sites excluding steroid dienone is 2. The van der Waals surface area contributed by atoms with Crippen LogP contribution in [-0.4, -0.2) is 0 Å². The summed E-state index contributed by atoms with van der Waals surface area (Å²) in [5.41, 5.74) is 0.433. The van der Waals surface area contributed by atoms with E-state index in [4.69, 9.17) is 0 Å². The Morgan fingerprint density at radius 2 is 1.82 bits per heavy atom. The van der Waals surface area contributed by atoms with Crippen LogP contribution in [0.5, 0.6) is 0 Å². The summed E-state index contributed by atoms with van der Waals surface area (Å²) in [6.07, 6.45) is 7.11. The normalized spacial score (nSPS) is 15.7. The zero-order chi connectivity index (χ0) is 8.91. The monoisotopic (exact) mass is 154 g/mol. The molecular weight excluding hydrogens is 132 g/mol. The minimum atomic E-state index is 0.433. The molecule has 0 bridgehead atoms. The fourth-order valence-electron chi connectivity index (χ4n) is 1.36. The fourth-order valence-corrected chi connectivity index (χ4v) is 1.36. The molecule has 0 rings (SSSR count). The van der Waals surface area contributed by atoms with E-state index in [1.165, 1.54) is 12.8 Å². The summed E-state index contributed by atoms with van der Waals surface area (Å²) in [4.78, 5) is 0. The Hall–Kier alpha value is -0.260. The van der Waals surface area contributed by atoms with E-state index in [1.807, 2.05) is 0 Å². The lowest BCUT2D eigenvalue weighted by molar-refractivity contribution is 0.276. The summed E-state index contributed by atoms with van der Waals surface area (Å²) in [5, 5.41) is 0. The standard InChI is InChI=1S/C11H22/c1-6-8-10(9-7-2)11(3,4)5/h6,8,10H,7,9H2,1-5H3. The van der Waals surface area contributed by atoms with Crippen LogP contribution in [0.2, 0.25) is 0 Å². The van der Waals surface area contributed by atoms with Crippen molar-refractivity contribution in [2.24, 2.45) is 11.3 Å². The first-order chi connectivity index (χ1) is 5.02. The van der Waals surface area contributed by atoms with Crippen molar-refractivity contribution in [2.75, 3.05) is 0 Å². The van der Waals surface area contributed by atoms with Crippen LogP contribution >= 0.6 is 0 Å². The predicted molar refractivity (Wildman–Crippen MR) is 52.7 cm³/mol. The molecule has 0 N–H and O–H groups in total. The summed E-state index contributed by atoms with van der Waals surface area (Å²) >= 11 is 0. The van der Waals surface area contributed by atoms with E-state index < -0.39 is 0 Å². The Bertz CT molecular complexity index is 114. The van der Waals surface area contributed by atoms with Crippen molar-refractivity contribution >= 4 is 0 Å². The molecule has 0 saturated heterocycles. The molecule has 0 fully saturated rings. The van der Waals surface area contributed by atoms with Gasteiger partial charge >= 0.3 is 0 Å². The quantitative estimate of drug-likeness (QED) is 0.538. The average Bonchev–Trinajstić information content (AvgIpc) is 1.85. The van der Waals surface area contributed by atoms with E-state index in [1.54, 1.807) is 0 Å². The van der Waals surface area contributed by atoms with Crippen molar-refractivity contribution in [3.05, 3.63) is 12.2 Å². The maximum atomic E-state index is 2.34. The lowest BCUT2D eigenvalue weighted by Crippen LogP contribution is -2.17. The van der Waals surface area contributed by atoms with Crippen molar-refractivity contribution in [1.29, 1.82) is 0 Å². The summed E-state index contributed by atoms with van der Waals surface area (Å²) in [6, 6.07) is 0. The van der Waals surface area contributed by atoms with Gasteiger partial charge in [0.1, 0.15) is 0 Å². The van der Waals surface area contributed by atoms with E-state index in [2.05, 4.69) is 46.8 Å². The third kappa shape index (κ3) is 4.23. The molecule has 66 valence electrons. The molecule has 0 aliphatic heterocycles. The van der Waals surface area contributed by atoms with Crippen LogP contribution in [0, 0.1) is 11.3 Å². The molecule has 0 amide bonds. The van der Waals surface area contributed by atoms with Gasteiger partial charge in [-0.05, 0) is 24.7 Å². The number of rotatable bonds is 3. The molecule has 1 unspecified atom stereocenters. The van der Waals surface area contributed by atoms with Crippen molar-refractivity contribution in [2.45, 2.75) is 47.5 Å². The minimum Gasteiger partial charge on any atom is -0.0914 e. The van der Waals surface area contributed by atoms with Crippen LogP contribution < -0.4 is 0 Å². The third-order valence-corrected chi connectivity index (χ3v) is 2.14. The first kappa shape index (κ1) is 10.7. The van der Waals surface area contributed by atoms with Crippen LogP contribution in [-0.2, 0) is 0 Å². The van der Waals surface area contributed by atoms with Gasteiger partial charge < -0.3 is 0 Å². The molecule has 0 heterocycles.